The zero-order valence-corrected chi connectivity index (χ0v) is 12.5. The van der Waals surface area contributed by atoms with Crippen LogP contribution in [0.3, 0.4) is 0 Å². The molecule has 2 heterocycles. The first-order valence-corrected chi connectivity index (χ1v) is 6.48. The molecule has 9 nitrogen and oxygen atoms in total. The van der Waals surface area contributed by atoms with Gasteiger partial charge in [0.05, 0.1) is 11.1 Å². The van der Waals surface area contributed by atoms with E-state index in [2.05, 4.69) is 14.7 Å². The Bertz CT molecular complexity index is 930. The van der Waals surface area contributed by atoms with Crippen LogP contribution in [0.2, 0.25) is 0 Å². The van der Waals surface area contributed by atoms with E-state index >= 15 is 0 Å². The number of carboxylic acid groups (broad SMARTS) is 2. The Morgan fingerprint density at radius 3 is 1.37 bits per heavy atom. The van der Waals surface area contributed by atoms with Crippen molar-refractivity contribution in [2.45, 2.75) is 0 Å². The van der Waals surface area contributed by atoms with Gasteiger partial charge in [0.15, 0.2) is 23.0 Å². The molecular weight excluding hydrogens is 384 g/mol. The van der Waals surface area contributed by atoms with E-state index in [-0.39, 0.29) is 12.1 Å². The van der Waals surface area contributed by atoms with Gasteiger partial charge in [0.1, 0.15) is 0 Å². The van der Waals surface area contributed by atoms with Gasteiger partial charge in [-0.05, 0) is 12.1 Å². The van der Waals surface area contributed by atoms with Gasteiger partial charge in [-0.25, -0.2) is 37.9 Å². The molecule has 2 N–H and O–H groups in total. The van der Waals surface area contributed by atoms with E-state index in [9.17, 15) is 36.7 Å². The molecule has 27 heavy (non-hydrogen) atoms. The fourth-order valence-electron chi connectivity index (χ4n) is 1.75. The van der Waals surface area contributed by atoms with Gasteiger partial charge in [0.2, 0.25) is 11.9 Å². The van der Waals surface area contributed by atoms with Gasteiger partial charge < -0.3 is 14.9 Å². The molecule has 0 aromatic carbocycles. The highest BCUT2D eigenvalue weighted by atomic mass is 19.2. The lowest BCUT2D eigenvalue weighted by Crippen LogP contribution is -2.22. The van der Waals surface area contributed by atoms with Crippen LogP contribution >= 0.6 is 0 Å². The zero-order valence-electron chi connectivity index (χ0n) is 12.5. The molecule has 0 aliphatic rings. The van der Waals surface area contributed by atoms with Gasteiger partial charge in [0, 0.05) is 0 Å². The molecule has 0 bridgehead atoms. The summed E-state index contributed by atoms with van der Waals surface area (Å²) in [5.41, 5.74) is -5.03. The minimum Gasteiger partial charge on any atom is -0.478 e. The molecule has 0 fully saturated rings. The number of ether oxygens (including phenoxy) is 1. The number of carbonyl (C=O) groups is 4. The van der Waals surface area contributed by atoms with Crippen LogP contribution in [0, 0.1) is 23.5 Å². The van der Waals surface area contributed by atoms with Gasteiger partial charge in [-0.1, -0.05) is 0 Å². The highest BCUT2D eigenvalue weighted by Gasteiger charge is 2.29. The lowest BCUT2D eigenvalue weighted by Gasteiger charge is -2.07. The maximum atomic E-state index is 13.2. The van der Waals surface area contributed by atoms with Crippen molar-refractivity contribution in [2.75, 3.05) is 0 Å². The average molecular weight is 388 g/mol. The third-order valence-corrected chi connectivity index (χ3v) is 2.90. The highest BCUT2D eigenvalue weighted by molar-refractivity contribution is 6.08. The Morgan fingerprint density at radius 1 is 0.741 bits per heavy atom. The molecule has 0 unspecified atom stereocenters. The Balaban J connectivity index is 2.44. The number of hydrogen-bond donors (Lipinski definition) is 2. The number of aromatic nitrogens is 2. The molecule has 2 aromatic heterocycles. The summed E-state index contributed by atoms with van der Waals surface area (Å²) in [6, 6.07) is 0.175. The third kappa shape index (κ3) is 3.86. The third-order valence-electron chi connectivity index (χ3n) is 2.90. The van der Waals surface area contributed by atoms with Gasteiger partial charge in [-0.15, -0.1) is 0 Å². The number of aromatic carboxylic acids is 2. The molecule has 0 spiro atoms. The number of carbonyl (C=O) groups excluding carboxylic acids is 2. The second-order valence-electron chi connectivity index (χ2n) is 4.60. The maximum Gasteiger partial charge on any atom is 0.365 e. The summed E-state index contributed by atoms with van der Waals surface area (Å²) in [5, 5.41) is 17.7. The molecule has 0 aliphatic carbocycles. The summed E-state index contributed by atoms with van der Waals surface area (Å²) >= 11 is 0. The van der Waals surface area contributed by atoms with Crippen LogP contribution < -0.4 is 0 Å². The zero-order chi connectivity index (χ0) is 20.5. The number of hydrogen-bond acceptors (Lipinski definition) is 7. The van der Waals surface area contributed by atoms with E-state index in [1.165, 1.54) is 0 Å². The summed E-state index contributed by atoms with van der Waals surface area (Å²) in [5.74, 6) is -14.9. The molecule has 0 radical (unpaired) electrons. The second-order valence-corrected chi connectivity index (χ2v) is 4.60. The maximum absolute atomic E-state index is 13.2. The first kappa shape index (κ1) is 19.4. The average Bonchev–Trinajstić information content (AvgIpc) is 2.58. The predicted octanol–water partition coefficient (Wildman–Crippen LogP) is 1.43. The summed E-state index contributed by atoms with van der Waals surface area (Å²) in [7, 11) is 0. The minimum absolute atomic E-state index is 0.0875. The van der Waals surface area contributed by atoms with Crippen LogP contribution in [0.15, 0.2) is 12.1 Å². The van der Waals surface area contributed by atoms with Crippen molar-refractivity contribution in [2.24, 2.45) is 0 Å². The molecule has 0 aliphatic heterocycles. The molecule has 0 saturated carbocycles. The first-order valence-electron chi connectivity index (χ1n) is 6.48. The molecule has 2 aromatic rings. The molecule has 0 amide bonds. The Hall–Kier alpha value is -3.90. The molecule has 0 atom stereocenters. The number of nitrogens with zero attached hydrogens (tertiary/aromatic N) is 2. The largest absolute Gasteiger partial charge is 0.478 e. The van der Waals surface area contributed by atoms with Crippen molar-refractivity contribution in [3.8, 4) is 0 Å². The van der Waals surface area contributed by atoms with Crippen molar-refractivity contribution >= 4 is 23.9 Å². The SMILES string of the molecule is O=C(O)c1cc(F)c(F)nc1C(=O)OC(=O)c1nc(F)c(F)cc1C(=O)O. The van der Waals surface area contributed by atoms with Crippen molar-refractivity contribution < 1.29 is 51.7 Å². The van der Waals surface area contributed by atoms with E-state index in [1.54, 1.807) is 0 Å². The van der Waals surface area contributed by atoms with Crippen LogP contribution in [0.5, 0.6) is 0 Å². The molecule has 13 heteroatoms. The monoisotopic (exact) mass is 388 g/mol. The molecule has 140 valence electrons. The lowest BCUT2D eigenvalue weighted by atomic mass is 10.2. The van der Waals surface area contributed by atoms with Crippen molar-refractivity contribution in [1.29, 1.82) is 0 Å². The van der Waals surface area contributed by atoms with Crippen LogP contribution in [0.1, 0.15) is 41.7 Å². The van der Waals surface area contributed by atoms with Crippen LogP contribution in [-0.2, 0) is 4.74 Å². The van der Waals surface area contributed by atoms with Crippen LogP contribution in [-0.4, -0.2) is 44.1 Å². The smallest absolute Gasteiger partial charge is 0.365 e. The minimum atomic E-state index is -1.93. The second kappa shape index (κ2) is 7.15. The van der Waals surface area contributed by atoms with Gasteiger partial charge in [-0.3, -0.25) is 0 Å². The molecule has 0 saturated heterocycles. The number of esters is 2. The number of rotatable bonds is 4. The van der Waals surface area contributed by atoms with Crippen molar-refractivity contribution in [3.63, 3.8) is 0 Å². The highest BCUT2D eigenvalue weighted by Crippen LogP contribution is 2.16. The Kier molecular flexibility index (Phi) is 5.14. The van der Waals surface area contributed by atoms with Crippen molar-refractivity contribution in [1.82, 2.24) is 9.97 Å². The van der Waals surface area contributed by atoms with Crippen LogP contribution in [0.4, 0.5) is 17.6 Å². The molecule has 2 rings (SSSR count). The van der Waals surface area contributed by atoms with Gasteiger partial charge in [0.25, 0.3) is 0 Å². The predicted molar refractivity (Wildman–Crippen MR) is 72.0 cm³/mol. The fraction of sp³-hybridized carbons (Fsp3) is 0. The lowest BCUT2D eigenvalue weighted by molar-refractivity contribution is 0.0375. The van der Waals surface area contributed by atoms with E-state index in [1.807, 2.05) is 0 Å². The summed E-state index contributed by atoms with van der Waals surface area (Å²) < 4.78 is 56.5. The number of halogens is 4. The standard InChI is InChI=1S/C14H4F4N2O7/c15-5-1-3(11(21)22)7(19-9(5)17)13(25)27-14(26)8-4(12(23)24)2-6(16)10(18)20-8/h1-2H,(H,21,22)(H,23,24). The topological polar surface area (TPSA) is 144 Å². The van der Waals surface area contributed by atoms with E-state index < -0.39 is 69.9 Å². The summed E-state index contributed by atoms with van der Waals surface area (Å²) in [6.07, 6.45) is 0. The van der Waals surface area contributed by atoms with E-state index in [0.717, 1.165) is 0 Å². The van der Waals surface area contributed by atoms with Crippen molar-refractivity contribution in [3.05, 3.63) is 58.2 Å². The summed E-state index contributed by atoms with van der Waals surface area (Å²) in [6.45, 7) is 0. The van der Waals surface area contributed by atoms with E-state index in [0.29, 0.717) is 0 Å². The molecular formula is C14H4F4N2O7. The van der Waals surface area contributed by atoms with Crippen LogP contribution in [0.25, 0.3) is 0 Å². The quantitative estimate of drug-likeness (QED) is 0.344. The number of carboxylic acids is 2. The fourth-order valence-corrected chi connectivity index (χ4v) is 1.75. The van der Waals surface area contributed by atoms with Gasteiger partial charge >= 0.3 is 23.9 Å². The summed E-state index contributed by atoms with van der Waals surface area (Å²) in [4.78, 5) is 51.1. The van der Waals surface area contributed by atoms with E-state index in [4.69, 9.17) is 10.2 Å². The number of pyridine rings is 2. The Morgan fingerprint density at radius 2 is 1.07 bits per heavy atom. The normalized spacial score (nSPS) is 10.4. The van der Waals surface area contributed by atoms with Gasteiger partial charge in [-0.2, -0.15) is 8.78 Å². The Labute approximate surface area is 144 Å². The first-order chi connectivity index (χ1) is 12.5.